The minimum Gasteiger partial charge on any atom is -0.497 e. The van der Waals surface area contributed by atoms with Crippen molar-refractivity contribution in [2.24, 2.45) is 0 Å². The van der Waals surface area contributed by atoms with Gasteiger partial charge in [0.1, 0.15) is 17.8 Å². The molecule has 23 heavy (non-hydrogen) atoms. The number of methoxy groups -OCH3 is 1. The minimum absolute atomic E-state index is 0.103. The maximum atomic E-state index is 12.0. The van der Waals surface area contributed by atoms with Gasteiger partial charge in [0.25, 0.3) is 5.91 Å². The van der Waals surface area contributed by atoms with Crippen molar-refractivity contribution in [2.75, 3.05) is 19.0 Å². The fourth-order valence-corrected chi connectivity index (χ4v) is 2.29. The Morgan fingerprint density at radius 1 is 1.13 bits per heavy atom. The second-order valence-electron chi connectivity index (χ2n) is 5.17. The zero-order valence-electron chi connectivity index (χ0n) is 13.4. The molecule has 2 rings (SSSR count). The van der Waals surface area contributed by atoms with Gasteiger partial charge in [-0.1, -0.05) is 0 Å². The Hall–Kier alpha value is -2.82. The zero-order valence-corrected chi connectivity index (χ0v) is 13.4. The normalized spacial score (nSPS) is 10.0. The first kappa shape index (κ1) is 16.5. The van der Waals surface area contributed by atoms with Crippen LogP contribution < -0.4 is 14.8 Å². The Bertz CT molecular complexity index is 684. The van der Waals surface area contributed by atoms with Crippen LogP contribution in [0.3, 0.4) is 0 Å². The molecule has 0 aliphatic rings. The number of carbonyl (C=O) groups excluding carboxylic acids is 2. The van der Waals surface area contributed by atoms with Gasteiger partial charge in [-0.15, -0.1) is 0 Å². The van der Waals surface area contributed by atoms with Crippen LogP contribution in [0.1, 0.15) is 21.5 Å². The molecule has 0 fully saturated rings. The molecule has 0 aliphatic heterocycles. The molecule has 1 amide bonds. The van der Waals surface area contributed by atoms with Crippen molar-refractivity contribution in [1.29, 1.82) is 0 Å². The third-order valence-corrected chi connectivity index (χ3v) is 3.34. The largest absolute Gasteiger partial charge is 0.497 e. The molecule has 120 valence electrons. The lowest BCUT2D eigenvalue weighted by Crippen LogP contribution is -2.20. The van der Waals surface area contributed by atoms with Crippen LogP contribution in [0, 0.1) is 13.8 Å². The third kappa shape index (κ3) is 4.32. The van der Waals surface area contributed by atoms with Crippen LogP contribution in [-0.2, 0) is 4.79 Å². The topological polar surface area (TPSA) is 64.6 Å². The van der Waals surface area contributed by atoms with Crippen LogP contribution >= 0.6 is 0 Å². The van der Waals surface area contributed by atoms with Gasteiger partial charge in [0.05, 0.1) is 7.11 Å². The van der Waals surface area contributed by atoms with Gasteiger partial charge >= 0.3 is 0 Å². The number of anilines is 1. The number of hydrogen-bond donors (Lipinski definition) is 1. The smallest absolute Gasteiger partial charge is 0.262 e. The van der Waals surface area contributed by atoms with Gasteiger partial charge in [0, 0.05) is 11.3 Å². The van der Waals surface area contributed by atoms with Crippen molar-refractivity contribution >= 4 is 17.9 Å². The Morgan fingerprint density at radius 3 is 2.26 bits per heavy atom. The summed E-state index contributed by atoms with van der Waals surface area (Å²) in [5.74, 6) is 1.09. The predicted molar refractivity (Wildman–Crippen MR) is 88.4 cm³/mol. The van der Waals surface area contributed by atoms with Crippen LogP contribution in [0.25, 0.3) is 0 Å². The standard InChI is InChI=1S/C18H19NO4/c1-12-8-14(10-20)9-13(2)18(12)23-11-17(21)19-15-4-6-16(22-3)7-5-15/h4-10H,11H2,1-3H3,(H,19,21). The van der Waals surface area contributed by atoms with Crippen molar-refractivity contribution in [3.63, 3.8) is 0 Å². The fraction of sp³-hybridized carbons (Fsp3) is 0.222. The lowest BCUT2D eigenvalue weighted by atomic mass is 10.1. The third-order valence-electron chi connectivity index (χ3n) is 3.34. The molecule has 0 aromatic heterocycles. The molecule has 0 saturated heterocycles. The second-order valence-corrected chi connectivity index (χ2v) is 5.17. The number of aldehydes is 1. The summed E-state index contributed by atoms with van der Waals surface area (Å²) < 4.78 is 10.7. The lowest BCUT2D eigenvalue weighted by molar-refractivity contribution is -0.118. The summed E-state index contributed by atoms with van der Waals surface area (Å²) in [5, 5.41) is 2.75. The second kappa shape index (κ2) is 7.45. The van der Waals surface area contributed by atoms with Gasteiger partial charge in [0.2, 0.25) is 0 Å². The molecule has 2 aromatic rings. The Balaban J connectivity index is 1.97. The molecule has 0 unspecified atom stereocenters. The first-order valence-corrected chi connectivity index (χ1v) is 7.16. The number of hydrogen-bond acceptors (Lipinski definition) is 4. The Labute approximate surface area is 135 Å². The van der Waals surface area contributed by atoms with Crippen molar-refractivity contribution in [3.05, 3.63) is 53.1 Å². The van der Waals surface area contributed by atoms with Crippen LogP contribution in [0.5, 0.6) is 11.5 Å². The van der Waals surface area contributed by atoms with E-state index in [1.54, 1.807) is 43.5 Å². The van der Waals surface area contributed by atoms with E-state index in [4.69, 9.17) is 9.47 Å². The molecule has 1 N–H and O–H groups in total. The van der Waals surface area contributed by atoms with Gasteiger partial charge < -0.3 is 14.8 Å². The maximum absolute atomic E-state index is 12.0. The zero-order chi connectivity index (χ0) is 16.8. The summed E-state index contributed by atoms with van der Waals surface area (Å²) in [4.78, 5) is 22.8. The summed E-state index contributed by atoms with van der Waals surface area (Å²) in [7, 11) is 1.59. The number of aryl methyl sites for hydroxylation is 2. The number of benzene rings is 2. The molecule has 0 radical (unpaired) electrons. The van der Waals surface area contributed by atoms with Gasteiger partial charge in [-0.2, -0.15) is 0 Å². The Kier molecular flexibility index (Phi) is 5.36. The van der Waals surface area contributed by atoms with Gasteiger partial charge in [-0.05, 0) is 61.4 Å². The van der Waals surface area contributed by atoms with E-state index in [2.05, 4.69) is 5.32 Å². The molecule has 2 aromatic carbocycles. The van der Waals surface area contributed by atoms with Gasteiger partial charge in [0.15, 0.2) is 6.61 Å². The summed E-state index contributed by atoms with van der Waals surface area (Å²) in [6, 6.07) is 10.5. The van der Waals surface area contributed by atoms with Crippen molar-refractivity contribution in [3.8, 4) is 11.5 Å². The summed E-state index contributed by atoms with van der Waals surface area (Å²) in [5.41, 5.74) is 2.91. The van der Waals surface area contributed by atoms with E-state index < -0.39 is 0 Å². The first-order chi connectivity index (χ1) is 11.0. The van der Waals surface area contributed by atoms with E-state index in [0.717, 1.165) is 23.2 Å². The van der Waals surface area contributed by atoms with Crippen LogP contribution in [0.4, 0.5) is 5.69 Å². The van der Waals surface area contributed by atoms with E-state index in [1.165, 1.54) is 0 Å². The van der Waals surface area contributed by atoms with Crippen molar-refractivity contribution in [2.45, 2.75) is 13.8 Å². The number of ether oxygens (including phenoxy) is 2. The summed E-state index contributed by atoms with van der Waals surface area (Å²) in [6.45, 7) is 3.58. The molecular weight excluding hydrogens is 294 g/mol. The molecule has 0 saturated carbocycles. The van der Waals surface area contributed by atoms with Gasteiger partial charge in [-0.25, -0.2) is 0 Å². The Morgan fingerprint density at radius 2 is 1.74 bits per heavy atom. The highest BCUT2D eigenvalue weighted by Gasteiger charge is 2.09. The van der Waals surface area contributed by atoms with E-state index in [9.17, 15) is 9.59 Å². The average molecular weight is 313 g/mol. The number of carbonyl (C=O) groups is 2. The molecule has 0 bridgehead atoms. The predicted octanol–water partition coefficient (Wildman–Crippen LogP) is 3.14. The van der Waals surface area contributed by atoms with Crippen molar-refractivity contribution in [1.82, 2.24) is 0 Å². The van der Waals surface area contributed by atoms with E-state index in [1.807, 2.05) is 13.8 Å². The highest BCUT2D eigenvalue weighted by molar-refractivity contribution is 5.92. The molecule has 0 atom stereocenters. The van der Waals surface area contributed by atoms with Gasteiger partial charge in [-0.3, -0.25) is 9.59 Å². The van der Waals surface area contributed by atoms with E-state index in [0.29, 0.717) is 17.0 Å². The highest BCUT2D eigenvalue weighted by Crippen LogP contribution is 2.24. The molecule has 0 heterocycles. The fourth-order valence-electron chi connectivity index (χ4n) is 2.29. The average Bonchev–Trinajstić information content (AvgIpc) is 2.54. The van der Waals surface area contributed by atoms with Crippen molar-refractivity contribution < 1.29 is 19.1 Å². The minimum atomic E-state index is -0.256. The maximum Gasteiger partial charge on any atom is 0.262 e. The highest BCUT2D eigenvalue weighted by atomic mass is 16.5. The summed E-state index contributed by atoms with van der Waals surface area (Å²) in [6.07, 6.45) is 0.792. The molecule has 0 aliphatic carbocycles. The van der Waals surface area contributed by atoms with E-state index in [-0.39, 0.29) is 12.5 Å². The number of rotatable bonds is 6. The monoisotopic (exact) mass is 313 g/mol. The summed E-state index contributed by atoms with van der Waals surface area (Å²) >= 11 is 0. The molecule has 5 heteroatoms. The van der Waals surface area contributed by atoms with E-state index >= 15 is 0 Å². The SMILES string of the molecule is COc1ccc(NC(=O)COc2c(C)cc(C=O)cc2C)cc1. The number of nitrogens with one attached hydrogen (secondary N) is 1. The molecule has 5 nitrogen and oxygen atoms in total. The first-order valence-electron chi connectivity index (χ1n) is 7.16. The van der Waals surface area contributed by atoms with Crippen LogP contribution in [0.15, 0.2) is 36.4 Å². The molecule has 0 spiro atoms. The quantitative estimate of drug-likeness (QED) is 0.832. The number of amides is 1. The van der Waals surface area contributed by atoms with Crippen LogP contribution in [-0.4, -0.2) is 25.9 Å². The lowest BCUT2D eigenvalue weighted by Gasteiger charge is -2.13. The van der Waals surface area contributed by atoms with Crippen LogP contribution in [0.2, 0.25) is 0 Å². The molecular formula is C18H19NO4.